The van der Waals surface area contributed by atoms with Crippen molar-refractivity contribution in [1.29, 1.82) is 0 Å². The molecule has 7 heteroatoms. The average molecular weight is 489 g/mol. The van der Waals surface area contributed by atoms with E-state index in [1.54, 1.807) is 12.1 Å². The van der Waals surface area contributed by atoms with Crippen molar-refractivity contribution in [2.24, 2.45) is 0 Å². The number of carbonyl (C=O) groups is 2. The molecule has 0 aromatic heterocycles. The molecule has 180 valence electrons. The predicted octanol–water partition coefficient (Wildman–Crippen LogP) is 5.58. The monoisotopic (exact) mass is 488 g/mol. The molecule has 0 spiro atoms. The first-order chi connectivity index (χ1) is 16.9. The summed E-state index contributed by atoms with van der Waals surface area (Å²) in [5.74, 6) is -0.129. The molecule has 35 heavy (non-hydrogen) atoms. The van der Waals surface area contributed by atoms with Crippen LogP contribution in [0.15, 0.2) is 72.8 Å². The third kappa shape index (κ3) is 5.56. The summed E-state index contributed by atoms with van der Waals surface area (Å²) in [5.41, 5.74) is 5.29. The molecule has 4 rings (SSSR count). The van der Waals surface area contributed by atoms with Crippen molar-refractivity contribution in [2.75, 3.05) is 42.7 Å². The van der Waals surface area contributed by atoms with E-state index < -0.39 is 0 Å². The summed E-state index contributed by atoms with van der Waals surface area (Å²) in [6, 6.07) is 22.9. The van der Waals surface area contributed by atoms with Crippen LogP contribution in [0.1, 0.15) is 24.5 Å². The molecule has 0 atom stereocenters. The molecular formula is C28H29ClN4O2. The molecule has 1 aliphatic heterocycles. The van der Waals surface area contributed by atoms with Crippen LogP contribution >= 0.6 is 11.6 Å². The van der Waals surface area contributed by atoms with E-state index in [0.717, 1.165) is 28.9 Å². The summed E-state index contributed by atoms with van der Waals surface area (Å²) in [4.78, 5) is 29.5. The van der Waals surface area contributed by atoms with E-state index >= 15 is 0 Å². The van der Waals surface area contributed by atoms with Crippen molar-refractivity contribution in [2.45, 2.75) is 13.3 Å². The molecule has 1 heterocycles. The zero-order chi connectivity index (χ0) is 24.9. The van der Waals surface area contributed by atoms with E-state index in [1.165, 1.54) is 0 Å². The van der Waals surface area contributed by atoms with Crippen LogP contribution < -0.4 is 15.5 Å². The van der Waals surface area contributed by atoms with Crippen LogP contribution in [0.5, 0.6) is 0 Å². The lowest BCUT2D eigenvalue weighted by Crippen LogP contribution is -2.38. The van der Waals surface area contributed by atoms with Gasteiger partial charge in [-0.2, -0.15) is 0 Å². The summed E-state index contributed by atoms with van der Waals surface area (Å²) in [5, 5.41) is 6.94. The van der Waals surface area contributed by atoms with Crippen LogP contribution in [0.3, 0.4) is 0 Å². The van der Waals surface area contributed by atoms with Gasteiger partial charge >= 0.3 is 0 Å². The smallest absolute Gasteiger partial charge is 0.258 e. The lowest BCUT2D eigenvalue weighted by atomic mass is 10.00. The SMILES string of the molecule is CCCN(C(=O)CN(C)C)c1ccc(NC(=C2C(=O)Nc3cc(Cl)ccc32)c2ccccc2)cc1. The van der Waals surface area contributed by atoms with Gasteiger partial charge in [0.15, 0.2) is 0 Å². The van der Waals surface area contributed by atoms with Gasteiger partial charge in [0.1, 0.15) is 0 Å². The first-order valence-electron chi connectivity index (χ1n) is 11.6. The molecule has 1 aliphatic rings. The molecule has 6 nitrogen and oxygen atoms in total. The van der Waals surface area contributed by atoms with E-state index in [4.69, 9.17) is 11.6 Å². The van der Waals surface area contributed by atoms with Crippen molar-refractivity contribution < 1.29 is 9.59 Å². The summed E-state index contributed by atoms with van der Waals surface area (Å²) in [7, 11) is 3.78. The highest BCUT2D eigenvalue weighted by molar-refractivity contribution is 6.38. The Balaban J connectivity index is 1.70. The molecule has 3 aromatic rings. The maximum atomic E-state index is 13.0. The number of hydrogen-bond acceptors (Lipinski definition) is 4. The highest BCUT2D eigenvalue weighted by atomic mass is 35.5. The van der Waals surface area contributed by atoms with Crippen LogP contribution in [-0.2, 0) is 9.59 Å². The maximum absolute atomic E-state index is 13.0. The van der Waals surface area contributed by atoms with Crippen molar-refractivity contribution in [3.8, 4) is 0 Å². The highest BCUT2D eigenvalue weighted by Gasteiger charge is 2.28. The summed E-state index contributed by atoms with van der Waals surface area (Å²) in [6.07, 6.45) is 0.863. The zero-order valence-electron chi connectivity index (χ0n) is 20.1. The maximum Gasteiger partial charge on any atom is 0.258 e. The summed E-state index contributed by atoms with van der Waals surface area (Å²) >= 11 is 6.14. The third-order valence-electron chi connectivity index (χ3n) is 5.69. The molecule has 0 bridgehead atoms. The lowest BCUT2D eigenvalue weighted by molar-refractivity contribution is -0.119. The van der Waals surface area contributed by atoms with Gasteiger partial charge in [0.05, 0.1) is 23.5 Å². The van der Waals surface area contributed by atoms with Crippen molar-refractivity contribution >= 4 is 51.7 Å². The fraction of sp³-hybridized carbons (Fsp3) is 0.214. The van der Waals surface area contributed by atoms with Crippen LogP contribution in [0.2, 0.25) is 5.02 Å². The fourth-order valence-electron chi connectivity index (χ4n) is 4.12. The number of fused-ring (bicyclic) bond motifs is 1. The zero-order valence-corrected chi connectivity index (χ0v) is 20.9. The Morgan fingerprint density at radius 2 is 1.71 bits per heavy atom. The number of amides is 2. The molecule has 3 aromatic carbocycles. The molecular weight excluding hydrogens is 460 g/mol. The second-order valence-electron chi connectivity index (χ2n) is 8.72. The number of halogens is 1. The Hall–Kier alpha value is -3.61. The van der Waals surface area contributed by atoms with Gasteiger partial charge in [-0.15, -0.1) is 0 Å². The minimum absolute atomic E-state index is 0.0579. The minimum Gasteiger partial charge on any atom is -0.354 e. The Bertz CT molecular complexity index is 1250. The second kappa shape index (κ2) is 10.8. The Morgan fingerprint density at radius 3 is 2.37 bits per heavy atom. The third-order valence-corrected chi connectivity index (χ3v) is 5.92. The molecule has 0 unspecified atom stereocenters. The summed E-state index contributed by atoms with van der Waals surface area (Å²) < 4.78 is 0. The number of nitrogens with zero attached hydrogens (tertiary/aromatic N) is 2. The average Bonchev–Trinajstić information content (AvgIpc) is 3.16. The van der Waals surface area contributed by atoms with E-state index in [0.29, 0.717) is 35.1 Å². The Labute approximate surface area is 211 Å². The number of hydrogen-bond donors (Lipinski definition) is 2. The van der Waals surface area contributed by atoms with Gasteiger partial charge in [-0.3, -0.25) is 9.59 Å². The summed E-state index contributed by atoms with van der Waals surface area (Å²) in [6.45, 7) is 3.06. The number of rotatable bonds is 8. The van der Waals surface area contributed by atoms with Gasteiger partial charge in [0.2, 0.25) is 5.91 Å². The lowest BCUT2D eigenvalue weighted by Gasteiger charge is -2.24. The van der Waals surface area contributed by atoms with Crippen molar-refractivity contribution in [3.63, 3.8) is 0 Å². The fourth-order valence-corrected chi connectivity index (χ4v) is 4.30. The molecule has 0 radical (unpaired) electrons. The van der Waals surface area contributed by atoms with Gasteiger partial charge in [-0.1, -0.05) is 54.9 Å². The van der Waals surface area contributed by atoms with E-state index in [-0.39, 0.29) is 11.8 Å². The van der Waals surface area contributed by atoms with Crippen molar-refractivity contribution in [3.05, 3.63) is 88.9 Å². The number of benzene rings is 3. The quantitative estimate of drug-likeness (QED) is 0.406. The standard InChI is InChI=1S/C28H29ClN4O2/c1-4-16-33(25(34)18-32(2)3)22-13-11-21(12-14-22)30-27(19-8-6-5-7-9-19)26-23-15-10-20(29)17-24(23)31-28(26)35/h5-15,17,30H,4,16,18H2,1-3H3,(H,31,35). The van der Waals surface area contributed by atoms with Crippen LogP contribution in [-0.4, -0.2) is 43.9 Å². The first kappa shape index (κ1) is 24.5. The van der Waals surface area contributed by atoms with Gasteiger partial charge in [0, 0.05) is 28.5 Å². The number of nitrogens with one attached hydrogen (secondary N) is 2. The predicted molar refractivity (Wildman–Crippen MR) is 145 cm³/mol. The topological polar surface area (TPSA) is 64.7 Å². The molecule has 0 saturated heterocycles. The molecule has 0 fully saturated rings. The largest absolute Gasteiger partial charge is 0.354 e. The molecule has 0 aliphatic carbocycles. The van der Waals surface area contributed by atoms with E-state index in [1.807, 2.05) is 84.6 Å². The van der Waals surface area contributed by atoms with Crippen LogP contribution in [0.25, 0.3) is 11.3 Å². The molecule has 2 N–H and O–H groups in total. The first-order valence-corrected chi connectivity index (χ1v) is 12.0. The van der Waals surface area contributed by atoms with Gasteiger partial charge in [0.25, 0.3) is 5.91 Å². The van der Waals surface area contributed by atoms with E-state index in [9.17, 15) is 9.59 Å². The van der Waals surface area contributed by atoms with Crippen LogP contribution in [0, 0.1) is 0 Å². The highest BCUT2D eigenvalue weighted by Crippen LogP contribution is 2.38. The van der Waals surface area contributed by atoms with Gasteiger partial charge < -0.3 is 20.4 Å². The Kier molecular flexibility index (Phi) is 7.54. The number of likely N-dealkylation sites (N-methyl/N-ethyl adjacent to an activating group) is 1. The number of carbonyl (C=O) groups excluding carboxylic acids is 2. The molecule has 2 amide bonds. The minimum atomic E-state index is -0.186. The van der Waals surface area contributed by atoms with Crippen molar-refractivity contribution in [1.82, 2.24) is 4.90 Å². The normalized spacial score (nSPS) is 13.9. The number of anilines is 3. The van der Waals surface area contributed by atoms with Gasteiger partial charge in [-0.25, -0.2) is 0 Å². The van der Waals surface area contributed by atoms with Crippen LogP contribution in [0.4, 0.5) is 17.1 Å². The Morgan fingerprint density at radius 1 is 1.00 bits per heavy atom. The molecule has 0 saturated carbocycles. The second-order valence-corrected chi connectivity index (χ2v) is 9.15. The van der Waals surface area contributed by atoms with Gasteiger partial charge in [-0.05, 0) is 62.5 Å². The van der Waals surface area contributed by atoms with E-state index in [2.05, 4.69) is 17.6 Å².